The van der Waals surface area contributed by atoms with Crippen LogP contribution in [-0.2, 0) is 0 Å². The van der Waals surface area contributed by atoms with Gasteiger partial charge in [-0.3, -0.25) is 0 Å². The number of aromatic nitrogens is 1. The molecule has 4 N–H and O–H groups in total. The van der Waals surface area contributed by atoms with E-state index in [0.29, 0.717) is 54.2 Å². The third-order valence-electron chi connectivity index (χ3n) is 3.69. The number of nitrogen functional groups attached to an aromatic ring is 1. The predicted molar refractivity (Wildman–Crippen MR) is 112 cm³/mol. The summed E-state index contributed by atoms with van der Waals surface area (Å²) in [5.41, 5.74) is 14.0. The van der Waals surface area contributed by atoms with Gasteiger partial charge in [0, 0.05) is 33.2 Å². The summed E-state index contributed by atoms with van der Waals surface area (Å²) in [7, 11) is 0. The van der Waals surface area contributed by atoms with Crippen molar-refractivity contribution in [1.82, 2.24) is 4.98 Å². The molecule has 1 aromatic carbocycles. The van der Waals surface area contributed by atoms with Gasteiger partial charge in [0.15, 0.2) is 0 Å². The van der Waals surface area contributed by atoms with Crippen molar-refractivity contribution >= 4 is 52.5 Å². The van der Waals surface area contributed by atoms with Gasteiger partial charge in [-0.15, -0.1) is 17.7 Å². The van der Waals surface area contributed by atoms with Crippen LogP contribution in [0.5, 0.6) is 0 Å². The molecule has 0 aliphatic rings. The first kappa shape index (κ1) is 18.9. The lowest BCUT2D eigenvalue weighted by atomic mass is 9.98. The van der Waals surface area contributed by atoms with Crippen LogP contribution in [0.3, 0.4) is 0 Å². The maximum Gasteiger partial charge on any atom is 0.123 e. The highest BCUT2D eigenvalue weighted by Crippen LogP contribution is 2.44. The fraction of sp³-hybridized carbons (Fsp3) is 0. The second-order valence-electron chi connectivity index (χ2n) is 5.35. The molecule has 0 fully saturated rings. The average molecular weight is 414 g/mol. The first-order chi connectivity index (χ1) is 13.0. The number of nitrogens with zero attached hydrogens (tertiary/aromatic N) is 4. The monoisotopic (exact) mass is 413 g/mol. The van der Waals surface area contributed by atoms with Crippen LogP contribution in [0.15, 0.2) is 41.5 Å². The molecule has 0 aliphatic carbocycles. The van der Waals surface area contributed by atoms with Gasteiger partial charge in [0.2, 0.25) is 0 Å². The van der Waals surface area contributed by atoms with Crippen LogP contribution in [0.4, 0.5) is 5.82 Å². The highest BCUT2D eigenvalue weighted by molar-refractivity contribution is 7.18. The molecular formula is C18H11Cl2N6S-. The van der Waals surface area contributed by atoms with E-state index in [4.69, 9.17) is 40.1 Å². The molecule has 0 spiro atoms. The summed E-state index contributed by atoms with van der Waals surface area (Å²) in [5, 5.41) is 19.7. The number of thiophene rings is 1. The van der Waals surface area contributed by atoms with Crippen LogP contribution in [0.1, 0.15) is 10.4 Å². The van der Waals surface area contributed by atoms with Crippen LogP contribution in [0.2, 0.25) is 10.0 Å². The molecule has 134 valence electrons. The summed E-state index contributed by atoms with van der Waals surface area (Å²) in [6, 6.07) is 10.6. The van der Waals surface area contributed by atoms with Crippen LogP contribution < -0.4 is 11.5 Å². The third kappa shape index (κ3) is 3.64. The number of aliphatic imine (C=N–C) groups is 1. The van der Waals surface area contributed by atoms with E-state index < -0.39 is 0 Å². The van der Waals surface area contributed by atoms with E-state index in [1.807, 2.05) is 0 Å². The number of pyridine rings is 1. The predicted octanol–water partition coefficient (Wildman–Crippen LogP) is 4.54. The van der Waals surface area contributed by atoms with Gasteiger partial charge in [0.05, 0.1) is 15.3 Å². The Morgan fingerprint density at radius 3 is 2.70 bits per heavy atom. The van der Waals surface area contributed by atoms with Crippen molar-refractivity contribution in [2.75, 3.05) is 5.73 Å². The molecule has 2 heterocycles. The lowest BCUT2D eigenvalue weighted by Gasteiger charge is -2.09. The van der Waals surface area contributed by atoms with Crippen molar-refractivity contribution in [2.24, 2.45) is 10.7 Å². The Balaban J connectivity index is 2.38. The van der Waals surface area contributed by atoms with Crippen molar-refractivity contribution in [3.05, 3.63) is 62.4 Å². The fourth-order valence-electron chi connectivity index (χ4n) is 2.58. The lowest BCUT2D eigenvalue weighted by molar-refractivity contribution is 1.34. The molecule has 9 heteroatoms. The Morgan fingerprint density at radius 2 is 2.07 bits per heavy atom. The molecule has 0 aliphatic heterocycles. The maximum absolute atomic E-state index is 9.86. The number of hydrogen-bond acceptors (Lipinski definition) is 4. The average Bonchev–Trinajstić information content (AvgIpc) is 3.01. The normalized spacial score (nSPS) is 11.2. The molecule has 0 amide bonds. The molecule has 0 atom stereocenters. The molecule has 0 bridgehead atoms. The van der Waals surface area contributed by atoms with Gasteiger partial charge < -0.3 is 21.9 Å². The minimum absolute atomic E-state index is 0.0493. The van der Waals surface area contributed by atoms with Crippen molar-refractivity contribution in [1.29, 1.82) is 5.26 Å². The van der Waals surface area contributed by atoms with E-state index in [0.717, 1.165) is 0 Å². The van der Waals surface area contributed by atoms with Gasteiger partial charge in [-0.05, 0) is 29.8 Å². The lowest BCUT2D eigenvalue weighted by Crippen LogP contribution is -2.12. The van der Waals surface area contributed by atoms with E-state index in [-0.39, 0.29) is 5.84 Å². The van der Waals surface area contributed by atoms with E-state index in [1.165, 1.54) is 11.3 Å². The molecule has 6 nitrogen and oxygen atoms in total. The number of anilines is 1. The Labute approximate surface area is 169 Å². The standard InChI is InChI=1S/C18H11Cl2N6S/c19-10-1-2-11(13(20)6-10)15-12(7-21)16(9-3-4-25-14(23)5-9)27-17(15)18(24)26-8-22/h1-6,8H,(H4-,22,23,24,25,26)/q-1. The van der Waals surface area contributed by atoms with Crippen LogP contribution in [0.25, 0.3) is 27.0 Å². The highest BCUT2D eigenvalue weighted by atomic mass is 35.5. The van der Waals surface area contributed by atoms with Crippen molar-refractivity contribution in [2.45, 2.75) is 0 Å². The Kier molecular flexibility index (Phi) is 5.42. The zero-order chi connectivity index (χ0) is 19.6. The summed E-state index contributed by atoms with van der Waals surface area (Å²) >= 11 is 13.6. The Hall–Kier alpha value is -2.92. The molecule has 0 saturated carbocycles. The first-order valence-electron chi connectivity index (χ1n) is 7.50. The van der Waals surface area contributed by atoms with Crippen molar-refractivity contribution in [3.63, 3.8) is 0 Å². The smallest absolute Gasteiger partial charge is 0.123 e. The summed E-state index contributed by atoms with van der Waals surface area (Å²) in [5.74, 6) is 0.371. The maximum atomic E-state index is 9.86. The molecule has 0 saturated heterocycles. The number of rotatable bonds is 4. The van der Waals surface area contributed by atoms with Gasteiger partial charge in [-0.2, -0.15) is 5.26 Å². The minimum Gasteiger partial charge on any atom is -0.472 e. The fourth-order valence-corrected chi connectivity index (χ4v) is 4.25. The number of amidine groups is 1. The van der Waals surface area contributed by atoms with Gasteiger partial charge in [0.25, 0.3) is 0 Å². The van der Waals surface area contributed by atoms with Gasteiger partial charge >= 0.3 is 0 Å². The Morgan fingerprint density at radius 1 is 1.30 bits per heavy atom. The molecular weight excluding hydrogens is 403 g/mol. The molecule has 3 rings (SSSR count). The van der Waals surface area contributed by atoms with E-state index in [2.05, 4.69) is 16.0 Å². The number of nitrogens with two attached hydrogens (primary N) is 2. The number of hydrogen-bond donors (Lipinski definition) is 2. The highest BCUT2D eigenvalue weighted by Gasteiger charge is 2.23. The van der Waals surface area contributed by atoms with Gasteiger partial charge in [0.1, 0.15) is 11.9 Å². The van der Waals surface area contributed by atoms with Crippen LogP contribution >= 0.6 is 34.5 Å². The zero-order valence-electron chi connectivity index (χ0n) is 13.6. The SMILES string of the molecule is N#Cc1c(-c2ccnc(N)c2)sc(C(N)=NC=[N-])c1-c1ccc(Cl)cc1Cl. The molecule has 0 unspecified atom stereocenters. The first-order valence-corrected chi connectivity index (χ1v) is 9.07. The molecule has 0 radical (unpaired) electrons. The minimum atomic E-state index is 0.0493. The molecule has 3 aromatic rings. The largest absolute Gasteiger partial charge is 0.472 e. The second kappa shape index (κ2) is 7.76. The van der Waals surface area contributed by atoms with Crippen LogP contribution in [-0.4, -0.2) is 17.2 Å². The Bertz CT molecular complexity index is 1110. The van der Waals surface area contributed by atoms with Crippen molar-refractivity contribution < 1.29 is 0 Å². The van der Waals surface area contributed by atoms with E-state index in [1.54, 1.807) is 36.5 Å². The number of nitriles is 1. The van der Waals surface area contributed by atoms with Crippen molar-refractivity contribution in [3.8, 4) is 27.6 Å². The summed E-state index contributed by atoms with van der Waals surface area (Å²) < 4.78 is 0. The summed E-state index contributed by atoms with van der Waals surface area (Å²) in [6.45, 7) is 0. The number of benzene rings is 1. The van der Waals surface area contributed by atoms with Crippen LogP contribution in [0, 0.1) is 11.3 Å². The molecule has 27 heavy (non-hydrogen) atoms. The third-order valence-corrected chi connectivity index (χ3v) is 5.50. The quantitative estimate of drug-likeness (QED) is 0.480. The van der Waals surface area contributed by atoms with E-state index >= 15 is 0 Å². The summed E-state index contributed by atoms with van der Waals surface area (Å²) in [4.78, 5) is 8.85. The molecule has 2 aromatic heterocycles. The number of halogens is 2. The van der Waals surface area contributed by atoms with Gasteiger partial charge in [-0.1, -0.05) is 29.3 Å². The topological polar surface area (TPSA) is 123 Å². The second-order valence-corrected chi connectivity index (χ2v) is 7.21. The van der Waals surface area contributed by atoms with E-state index in [9.17, 15) is 5.26 Å². The zero-order valence-corrected chi connectivity index (χ0v) is 16.0. The van der Waals surface area contributed by atoms with Gasteiger partial charge in [-0.25, -0.2) is 4.98 Å². The summed E-state index contributed by atoms with van der Waals surface area (Å²) in [6.07, 6.45) is 2.15.